The molecule has 0 aliphatic carbocycles. The van der Waals surface area contributed by atoms with Crippen LogP contribution in [-0.2, 0) is 6.42 Å². The van der Waals surface area contributed by atoms with Crippen molar-refractivity contribution < 1.29 is 8.78 Å². The molecule has 20 heavy (non-hydrogen) atoms. The average molecular weight is 275 g/mol. The van der Waals surface area contributed by atoms with Gasteiger partial charge in [0.25, 0.3) is 0 Å². The molecule has 0 spiro atoms. The zero-order valence-corrected chi connectivity index (χ0v) is 11.6. The van der Waals surface area contributed by atoms with E-state index in [4.69, 9.17) is 0 Å². The Balaban J connectivity index is 2.22. The molecule has 0 bridgehead atoms. The molecule has 0 aromatic heterocycles. The maximum atomic E-state index is 13.4. The lowest BCUT2D eigenvalue weighted by atomic mass is 9.98. The van der Waals surface area contributed by atoms with E-state index in [1.807, 2.05) is 30.3 Å². The highest BCUT2D eigenvalue weighted by atomic mass is 19.1. The zero-order valence-electron chi connectivity index (χ0n) is 11.6. The monoisotopic (exact) mass is 275 g/mol. The number of nitrogens with one attached hydrogen (secondary N) is 1. The highest BCUT2D eigenvalue weighted by Crippen LogP contribution is 2.20. The van der Waals surface area contributed by atoms with Gasteiger partial charge in [0.2, 0.25) is 0 Å². The van der Waals surface area contributed by atoms with Gasteiger partial charge < -0.3 is 5.32 Å². The summed E-state index contributed by atoms with van der Waals surface area (Å²) in [5.41, 5.74) is 1.80. The number of rotatable bonds is 6. The Labute approximate surface area is 118 Å². The molecule has 1 atom stereocenters. The molecule has 0 radical (unpaired) electrons. The van der Waals surface area contributed by atoms with E-state index in [0.717, 1.165) is 24.6 Å². The normalized spacial score (nSPS) is 12.3. The summed E-state index contributed by atoms with van der Waals surface area (Å²) in [5, 5.41) is 3.36. The van der Waals surface area contributed by atoms with E-state index >= 15 is 0 Å². The van der Waals surface area contributed by atoms with Gasteiger partial charge in [-0.3, -0.25) is 0 Å². The van der Waals surface area contributed by atoms with Gasteiger partial charge in [-0.05, 0) is 42.6 Å². The van der Waals surface area contributed by atoms with Gasteiger partial charge in [0, 0.05) is 12.1 Å². The molecular formula is C17H19F2N. The van der Waals surface area contributed by atoms with Crippen molar-refractivity contribution in [2.75, 3.05) is 6.54 Å². The predicted molar refractivity (Wildman–Crippen MR) is 77.5 cm³/mol. The Kier molecular flexibility index (Phi) is 5.24. The van der Waals surface area contributed by atoms with Gasteiger partial charge in [-0.25, -0.2) is 8.78 Å². The highest BCUT2D eigenvalue weighted by Gasteiger charge is 2.13. The quantitative estimate of drug-likeness (QED) is 0.831. The summed E-state index contributed by atoms with van der Waals surface area (Å²) in [5.74, 6) is -1.06. The average Bonchev–Trinajstić information content (AvgIpc) is 2.43. The molecule has 106 valence electrons. The zero-order chi connectivity index (χ0) is 14.4. The second kappa shape index (κ2) is 7.15. The molecule has 1 unspecified atom stereocenters. The van der Waals surface area contributed by atoms with E-state index in [0.29, 0.717) is 12.0 Å². The molecule has 0 amide bonds. The van der Waals surface area contributed by atoms with Gasteiger partial charge in [0.05, 0.1) is 0 Å². The fraction of sp³-hybridized carbons (Fsp3) is 0.294. The summed E-state index contributed by atoms with van der Waals surface area (Å²) in [6.45, 7) is 2.88. The molecule has 2 aromatic rings. The first-order chi connectivity index (χ1) is 9.69. The van der Waals surface area contributed by atoms with Crippen LogP contribution in [0.4, 0.5) is 8.78 Å². The lowest BCUT2D eigenvalue weighted by molar-refractivity contribution is 0.515. The van der Waals surface area contributed by atoms with E-state index < -0.39 is 11.6 Å². The van der Waals surface area contributed by atoms with Gasteiger partial charge >= 0.3 is 0 Å². The van der Waals surface area contributed by atoms with E-state index in [1.165, 1.54) is 12.1 Å². The smallest absolute Gasteiger partial charge is 0.126 e. The minimum Gasteiger partial charge on any atom is -0.310 e. The van der Waals surface area contributed by atoms with E-state index in [2.05, 4.69) is 12.2 Å². The molecule has 1 N–H and O–H groups in total. The van der Waals surface area contributed by atoms with Gasteiger partial charge in [-0.2, -0.15) is 0 Å². The van der Waals surface area contributed by atoms with E-state index in [-0.39, 0.29) is 6.04 Å². The molecule has 0 saturated carbocycles. The summed E-state index contributed by atoms with van der Waals surface area (Å²) in [6, 6.07) is 13.6. The van der Waals surface area contributed by atoms with Crippen LogP contribution in [0.2, 0.25) is 0 Å². The van der Waals surface area contributed by atoms with Crippen LogP contribution in [0.5, 0.6) is 0 Å². The van der Waals surface area contributed by atoms with Crippen LogP contribution in [0.3, 0.4) is 0 Å². The molecular weight excluding hydrogens is 256 g/mol. The summed E-state index contributed by atoms with van der Waals surface area (Å²) < 4.78 is 26.8. The van der Waals surface area contributed by atoms with Crippen molar-refractivity contribution in [1.82, 2.24) is 5.32 Å². The van der Waals surface area contributed by atoms with Gasteiger partial charge in [0.1, 0.15) is 11.6 Å². The lowest BCUT2D eigenvalue weighted by Gasteiger charge is -2.19. The van der Waals surface area contributed by atoms with Crippen molar-refractivity contribution in [2.24, 2.45) is 0 Å². The number of halogens is 2. The lowest BCUT2D eigenvalue weighted by Crippen LogP contribution is -2.24. The molecule has 0 heterocycles. The van der Waals surface area contributed by atoms with Crippen molar-refractivity contribution in [2.45, 2.75) is 25.8 Å². The molecule has 1 nitrogen and oxygen atoms in total. The Bertz CT molecular complexity index is 520. The van der Waals surface area contributed by atoms with Gasteiger partial charge in [-0.1, -0.05) is 37.3 Å². The summed E-state index contributed by atoms with van der Waals surface area (Å²) in [7, 11) is 0. The minimum atomic E-state index is -0.531. The maximum absolute atomic E-state index is 13.4. The van der Waals surface area contributed by atoms with Crippen LogP contribution in [0, 0.1) is 11.6 Å². The largest absolute Gasteiger partial charge is 0.310 e. The second-order valence-corrected chi connectivity index (χ2v) is 4.90. The van der Waals surface area contributed by atoms with Crippen molar-refractivity contribution in [1.29, 1.82) is 0 Å². The molecule has 2 aromatic carbocycles. The number of benzene rings is 2. The molecule has 2 rings (SSSR count). The van der Waals surface area contributed by atoms with Crippen LogP contribution in [0.25, 0.3) is 0 Å². The fourth-order valence-electron chi connectivity index (χ4n) is 2.25. The maximum Gasteiger partial charge on any atom is 0.126 e. The third-order valence-corrected chi connectivity index (χ3v) is 3.21. The summed E-state index contributed by atoms with van der Waals surface area (Å²) in [6.07, 6.45) is 1.69. The van der Waals surface area contributed by atoms with Crippen molar-refractivity contribution in [3.05, 3.63) is 71.3 Å². The van der Waals surface area contributed by atoms with Crippen LogP contribution < -0.4 is 5.32 Å². The van der Waals surface area contributed by atoms with E-state index in [9.17, 15) is 8.78 Å². The second-order valence-electron chi connectivity index (χ2n) is 4.90. The topological polar surface area (TPSA) is 12.0 Å². The van der Waals surface area contributed by atoms with Crippen LogP contribution in [-0.4, -0.2) is 6.54 Å². The molecule has 0 aliphatic rings. The third-order valence-electron chi connectivity index (χ3n) is 3.21. The Morgan fingerprint density at radius 1 is 1.00 bits per heavy atom. The number of hydrogen-bond acceptors (Lipinski definition) is 1. The SMILES string of the molecule is CCCNC(Cc1ccccc1)c1cc(F)cc(F)c1. The van der Waals surface area contributed by atoms with Crippen LogP contribution >= 0.6 is 0 Å². The Morgan fingerprint density at radius 3 is 2.25 bits per heavy atom. The van der Waals surface area contributed by atoms with Gasteiger partial charge in [-0.15, -0.1) is 0 Å². The summed E-state index contributed by atoms with van der Waals surface area (Å²) >= 11 is 0. The molecule has 0 saturated heterocycles. The fourth-order valence-corrected chi connectivity index (χ4v) is 2.25. The Hall–Kier alpha value is -1.74. The van der Waals surface area contributed by atoms with Crippen molar-refractivity contribution in [3.63, 3.8) is 0 Å². The molecule has 0 fully saturated rings. The Morgan fingerprint density at radius 2 is 1.65 bits per heavy atom. The first-order valence-electron chi connectivity index (χ1n) is 6.92. The standard InChI is InChI=1S/C17H19F2N/c1-2-8-20-17(9-13-6-4-3-5-7-13)14-10-15(18)12-16(19)11-14/h3-7,10-12,17,20H,2,8-9H2,1H3. The molecule has 0 aliphatic heterocycles. The molecule has 3 heteroatoms. The van der Waals surface area contributed by atoms with Crippen LogP contribution in [0.1, 0.15) is 30.5 Å². The van der Waals surface area contributed by atoms with Crippen LogP contribution in [0.15, 0.2) is 48.5 Å². The minimum absolute atomic E-state index is 0.0810. The van der Waals surface area contributed by atoms with E-state index in [1.54, 1.807) is 0 Å². The first kappa shape index (κ1) is 14.7. The van der Waals surface area contributed by atoms with Crippen molar-refractivity contribution in [3.8, 4) is 0 Å². The highest BCUT2D eigenvalue weighted by molar-refractivity contribution is 5.25. The first-order valence-corrected chi connectivity index (χ1v) is 6.92. The van der Waals surface area contributed by atoms with Crippen molar-refractivity contribution >= 4 is 0 Å². The van der Waals surface area contributed by atoms with Gasteiger partial charge in [0.15, 0.2) is 0 Å². The summed E-state index contributed by atoms with van der Waals surface area (Å²) in [4.78, 5) is 0. The third kappa shape index (κ3) is 4.14. The number of hydrogen-bond donors (Lipinski definition) is 1. The predicted octanol–water partition coefficient (Wildman–Crippen LogP) is 4.25.